The molecule has 5 nitrogen and oxygen atoms in total. The Morgan fingerprint density at radius 3 is 2.62 bits per heavy atom. The second-order valence-electron chi connectivity index (χ2n) is 2.09. The number of para-hydroxylation sites is 1. The van der Waals surface area contributed by atoms with Gasteiger partial charge in [-0.15, -0.1) is 0 Å². The number of phenolic OH excluding ortho intramolecular Hbond substituents is 1. The molecule has 0 fully saturated rings. The van der Waals surface area contributed by atoms with Gasteiger partial charge in [-0.1, -0.05) is 6.07 Å². The van der Waals surface area contributed by atoms with Crippen LogP contribution in [0, 0.1) is 10.1 Å². The molecule has 1 rings (SSSR count). The number of nitro benzene ring substituents is 1. The monoisotopic (exact) mass is 207 g/mol. The number of hydrogen-bond donors (Lipinski definition) is 1. The van der Waals surface area contributed by atoms with Gasteiger partial charge in [0.25, 0.3) is 0 Å². The summed E-state index contributed by atoms with van der Waals surface area (Å²) < 4.78 is 0. The van der Waals surface area contributed by atoms with Gasteiger partial charge in [-0.25, -0.2) is 0 Å². The number of rotatable bonds is 2. The SMILES string of the molecule is O=Cc1cccc([N+](=O)[O-])c1O.[H-].[K+]. The van der Waals surface area contributed by atoms with E-state index in [0.717, 1.165) is 6.07 Å². The van der Waals surface area contributed by atoms with Gasteiger partial charge in [-0.2, -0.15) is 0 Å². The summed E-state index contributed by atoms with van der Waals surface area (Å²) in [5, 5.41) is 19.3. The second kappa shape index (κ2) is 5.46. The molecule has 0 spiro atoms. The minimum atomic E-state index is -0.748. The standard InChI is InChI=1S/C7H5NO4.K.H/c9-4-5-2-1-3-6(7(5)10)8(11)12;;/h1-4,10H;;/q;+1;-1. The number of aromatic hydroxyl groups is 1. The molecule has 1 aromatic rings. The second-order valence-corrected chi connectivity index (χ2v) is 2.09. The van der Waals surface area contributed by atoms with Crippen molar-refractivity contribution in [3.05, 3.63) is 33.9 Å². The molecule has 6 heteroatoms. The molecule has 1 aromatic carbocycles. The van der Waals surface area contributed by atoms with E-state index in [2.05, 4.69) is 0 Å². The first-order chi connectivity index (χ1) is 5.66. The minimum absolute atomic E-state index is 0. The third-order valence-electron chi connectivity index (χ3n) is 1.37. The van der Waals surface area contributed by atoms with Gasteiger partial charge in [-0.05, 0) is 6.07 Å². The number of nitrogens with zero attached hydrogens (tertiary/aromatic N) is 1. The van der Waals surface area contributed by atoms with E-state index in [1.54, 1.807) is 0 Å². The average Bonchev–Trinajstić information content (AvgIpc) is 2.04. The number of phenols is 1. The predicted molar refractivity (Wildman–Crippen MR) is 41.3 cm³/mol. The molecular formula is C7H6KNO4. The van der Waals surface area contributed by atoms with E-state index in [1.807, 2.05) is 0 Å². The molecule has 0 amide bonds. The van der Waals surface area contributed by atoms with Gasteiger partial charge in [0.15, 0.2) is 6.29 Å². The molecule has 0 aromatic heterocycles. The Bertz CT molecular complexity index is 344. The van der Waals surface area contributed by atoms with Crippen LogP contribution < -0.4 is 51.4 Å². The number of carbonyl (C=O) groups excluding carboxylic acids is 1. The van der Waals surface area contributed by atoms with Crippen LogP contribution in [0.4, 0.5) is 5.69 Å². The first-order valence-corrected chi connectivity index (χ1v) is 3.08. The normalized spacial score (nSPS) is 8.62. The summed E-state index contributed by atoms with van der Waals surface area (Å²) in [6.07, 6.45) is 0.363. The molecule has 0 aliphatic carbocycles. The van der Waals surface area contributed by atoms with Crippen LogP contribution in [0.15, 0.2) is 18.2 Å². The van der Waals surface area contributed by atoms with Crippen LogP contribution >= 0.6 is 0 Å². The van der Waals surface area contributed by atoms with Crippen molar-refractivity contribution in [3.63, 3.8) is 0 Å². The molecule has 0 aliphatic rings. The fraction of sp³-hybridized carbons (Fsp3) is 0. The van der Waals surface area contributed by atoms with E-state index in [9.17, 15) is 14.9 Å². The summed E-state index contributed by atoms with van der Waals surface area (Å²) >= 11 is 0. The maximum absolute atomic E-state index is 10.2. The van der Waals surface area contributed by atoms with E-state index in [0.29, 0.717) is 6.29 Å². The van der Waals surface area contributed by atoms with Crippen molar-refractivity contribution in [2.45, 2.75) is 0 Å². The van der Waals surface area contributed by atoms with Crippen molar-refractivity contribution in [1.82, 2.24) is 0 Å². The Kier molecular flexibility index (Phi) is 5.34. The Hall–Kier alpha value is -0.274. The molecule has 64 valence electrons. The third kappa shape index (κ3) is 2.85. The van der Waals surface area contributed by atoms with Crippen molar-refractivity contribution >= 4 is 12.0 Å². The molecular weight excluding hydrogens is 201 g/mol. The summed E-state index contributed by atoms with van der Waals surface area (Å²) in [6, 6.07) is 3.76. The predicted octanol–water partition coefficient (Wildman–Crippen LogP) is -1.77. The molecule has 0 radical (unpaired) electrons. The minimum Gasteiger partial charge on any atom is -1.00 e. The maximum Gasteiger partial charge on any atom is 1.00 e. The first kappa shape index (κ1) is 12.7. The number of nitro groups is 1. The first-order valence-electron chi connectivity index (χ1n) is 3.08. The third-order valence-corrected chi connectivity index (χ3v) is 1.37. The summed E-state index contributed by atoms with van der Waals surface area (Å²) in [7, 11) is 0. The van der Waals surface area contributed by atoms with E-state index < -0.39 is 16.4 Å². The summed E-state index contributed by atoms with van der Waals surface area (Å²) in [5.74, 6) is -0.586. The van der Waals surface area contributed by atoms with Gasteiger partial charge < -0.3 is 6.53 Å². The summed E-state index contributed by atoms with van der Waals surface area (Å²) in [6.45, 7) is 0. The van der Waals surface area contributed by atoms with Crippen molar-refractivity contribution in [2.24, 2.45) is 0 Å². The Labute approximate surface area is 118 Å². The number of carbonyl (C=O) groups is 1. The van der Waals surface area contributed by atoms with Crippen LogP contribution in [0.2, 0.25) is 0 Å². The summed E-state index contributed by atoms with van der Waals surface area (Å²) in [4.78, 5) is 19.7. The van der Waals surface area contributed by atoms with E-state index in [4.69, 9.17) is 5.11 Å². The van der Waals surface area contributed by atoms with Crippen molar-refractivity contribution < 1.29 is 67.6 Å². The van der Waals surface area contributed by atoms with Crippen LogP contribution in [0.1, 0.15) is 11.8 Å². The Morgan fingerprint density at radius 2 is 2.15 bits per heavy atom. The summed E-state index contributed by atoms with van der Waals surface area (Å²) in [5.41, 5.74) is -0.538. The van der Waals surface area contributed by atoms with Crippen LogP contribution in [-0.2, 0) is 0 Å². The zero-order valence-electron chi connectivity index (χ0n) is 7.93. The van der Waals surface area contributed by atoms with Gasteiger partial charge in [0.2, 0.25) is 5.75 Å². The van der Waals surface area contributed by atoms with E-state index in [1.165, 1.54) is 12.1 Å². The Balaban J connectivity index is 0. The van der Waals surface area contributed by atoms with Gasteiger partial charge in [0, 0.05) is 6.07 Å². The van der Waals surface area contributed by atoms with Crippen LogP contribution in [0.5, 0.6) is 5.75 Å². The number of aldehydes is 1. The van der Waals surface area contributed by atoms with Crippen molar-refractivity contribution in [3.8, 4) is 5.75 Å². The van der Waals surface area contributed by atoms with Gasteiger partial charge >= 0.3 is 57.1 Å². The quantitative estimate of drug-likeness (QED) is 0.269. The van der Waals surface area contributed by atoms with Gasteiger partial charge in [0.1, 0.15) is 0 Å². The van der Waals surface area contributed by atoms with Crippen LogP contribution in [0.3, 0.4) is 0 Å². The molecule has 0 heterocycles. The topological polar surface area (TPSA) is 80.4 Å². The zero-order valence-corrected chi connectivity index (χ0v) is 10.1. The maximum atomic E-state index is 10.2. The van der Waals surface area contributed by atoms with Crippen molar-refractivity contribution in [2.75, 3.05) is 0 Å². The molecule has 1 N–H and O–H groups in total. The van der Waals surface area contributed by atoms with Crippen molar-refractivity contribution in [1.29, 1.82) is 0 Å². The van der Waals surface area contributed by atoms with Crippen LogP contribution in [-0.4, -0.2) is 16.3 Å². The fourth-order valence-electron chi connectivity index (χ4n) is 0.791. The molecule has 0 unspecified atom stereocenters. The smallest absolute Gasteiger partial charge is 1.00 e. The molecule has 0 aliphatic heterocycles. The van der Waals surface area contributed by atoms with Crippen LogP contribution in [0.25, 0.3) is 0 Å². The fourth-order valence-corrected chi connectivity index (χ4v) is 0.791. The zero-order chi connectivity index (χ0) is 9.14. The average molecular weight is 207 g/mol. The molecule has 0 saturated heterocycles. The van der Waals surface area contributed by atoms with Gasteiger partial charge in [0.05, 0.1) is 10.5 Å². The number of hydrogen-bond acceptors (Lipinski definition) is 4. The molecule has 0 bridgehead atoms. The Morgan fingerprint density at radius 1 is 1.54 bits per heavy atom. The van der Waals surface area contributed by atoms with E-state index in [-0.39, 0.29) is 58.4 Å². The van der Waals surface area contributed by atoms with Gasteiger partial charge in [-0.3, -0.25) is 14.9 Å². The molecule has 0 saturated carbocycles. The molecule has 0 atom stereocenters. The number of benzene rings is 1. The largest absolute Gasteiger partial charge is 1.00 e. The molecule has 13 heavy (non-hydrogen) atoms. The van der Waals surface area contributed by atoms with E-state index >= 15 is 0 Å².